The Morgan fingerprint density at radius 3 is 2.39 bits per heavy atom. The maximum absolute atomic E-state index is 12.2. The number of halogens is 2. The lowest BCUT2D eigenvalue weighted by molar-refractivity contribution is -0.116. The second-order valence-electron chi connectivity index (χ2n) is 6.69. The second-order valence-corrected chi connectivity index (χ2v) is 6.69. The molecule has 5 nitrogen and oxygen atoms in total. The number of para-hydroxylation sites is 1. The number of ether oxygens (including phenoxy) is 1. The van der Waals surface area contributed by atoms with Crippen LogP contribution in [0.3, 0.4) is 0 Å². The largest absolute Gasteiger partial charge is 0.399 e. The van der Waals surface area contributed by atoms with Gasteiger partial charge in [-0.2, -0.15) is 0 Å². The molecule has 1 amide bonds. The average molecular weight is 426 g/mol. The van der Waals surface area contributed by atoms with Crippen LogP contribution in [0.2, 0.25) is 0 Å². The summed E-state index contributed by atoms with van der Waals surface area (Å²) in [6.07, 6.45) is 1.06. The quantitative estimate of drug-likeness (QED) is 0.684. The van der Waals surface area contributed by atoms with Crippen molar-refractivity contribution in [3.63, 3.8) is 0 Å². The molecule has 1 fully saturated rings. The van der Waals surface area contributed by atoms with Gasteiger partial charge in [-0.25, -0.2) is 0 Å². The van der Waals surface area contributed by atoms with Crippen molar-refractivity contribution < 1.29 is 9.53 Å². The number of nitrogens with two attached hydrogens (primary N) is 1. The Balaban J connectivity index is 0.00000196. The molecule has 3 rings (SSSR count). The van der Waals surface area contributed by atoms with Crippen LogP contribution in [0.1, 0.15) is 30.5 Å². The van der Waals surface area contributed by atoms with E-state index in [2.05, 4.69) is 29.3 Å². The first-order valence-electron chi connectivity index (χ1n) is 9.18. The molecule has 1 saturated heterocycles. The number of nitrogen functional groups attached to an aromatic ring is 1. The summed E-state index contributed by atoms with van der Waals surface area (Å²) >= 11 is 0. The number of hydrogen-bond donors (Lipinski definition) is 2. The molecule has 1 atom stereocenters. The molecule has 7 heteroatoms. The van der Waals surface area contributed by atoms with E-state index in [4.69, 9.17) is 10.5 Å². The van der Waals surface area contributed by atoms with Gasteiger partial charge in [-0.3, -0.25) is 9.69 Å². The standard InChI is InChI=1S/C21H27N3O2.2ClH/c1-16(24-12-14-26-15-13-24)17-6-9-19(10-7-17)23-21(25)11-8-18-4-2-3-5-20(18)22;;/h2-7,9-10,16H,8,11-15,22H2,1H3,(H,23,25);2*1H. The third-order valence-electron chi connectivity index (χ3n) is 4.95. The highest BCUT2D eigenvalue weighted by atomic mass is 35.5. The van der Waals surface area contributed by atoms with Crippen LogP contribution in [0, 0.1) is 0 Å². The zero-order chi connectivity index (χ0) is 18.4. The first kappa shape index (κ1) is 24.2. The van der Waals surface area contributed by atoms with E-state index < -0.39 is 0 Å². The third kappa shape index (κ3) is 6.67. The molecule has 0 radical (unpaired) electrons. The van der Waals surface area contributed by atoms with Crippen LogP contribution < -0.4 is 11.1 Å². The van der Waals surface area contributed by atoms with E-state index in [0.29, 0.717) is 18.9 Å². The monoisotopic (exact) mass is 425 g/mol. The summed E-state index contributed by atoms with van der Waals surface area (Å²) < 4.78 is 5.41. The highest BCUT2D eigenvalue weighted by molar-refractivity contribution is 5.90. The maximum atomic E-state index is 12.2. The molecule has 0 saturated carbocycles. The van der Waals surface area contributed by atoms with E-state index in [0.717, 1.165) is 43.2 Å². The molecule has 0 aliphatic carbocycles. The number of amides is 1. The number of carbonyl (C=O) groups excluding carboxylic acids is 1. The summed E-state index contributed by atoms with van der Waals surface area (Å²) in [5, 5.41) is 2.96. The third-order valence-corrected chi connectivity index (χ3v) is 4.95. The van der Waals surface area contributed by atoms with Gasteiger partial charge in [-0.15, -0.1) is 24.8 Å². The van der Waals surface area contributed by atoms with Crippen molar-refractivity contribution in [1.82, 2.24) is 4.90 Å². The number of benzene rings is 2. The van der Waals surface area contributed by atoms with Gasteiger partial charge in [-0.05, 0) is 42.7 Å². The van der Waals surface area contributed by atoms with Crippen LogP contribution in [-0.2, 0) is 16.0 Å². The summed E-state index contributed by atoms with van der Waals surface area (Å²) in [5.74, 6) is 0.00207. The Morgan fingerprint density at radius 2 is 1.75 bits per heavy atom. The lowest BCUT2D eigenvalue weighted by atomic mass is 10.1. The number of anilines is 2. The Morgan fingerprint density at radius 1 is 1.11 bits per heavy atom. The van der Waals surface area contributed by atoms with Gasteiger partial charge in [-0.1, -0.05) is 30.3 Å². The van der Waals surface area contributed by atoms with Gasteiger partial charge >= 0.3 is 0 Å². The normalized spacial score (nSPS) is 15.0. The van der Waals surface area contributed by atoms with Gasteiger partial charge < -0.3 is 15.8 Å². The molecule has 0 spiro atoms. The minimum atomic E-state index is 0. The molecule has 1 aliphatic heterocycles. The SMILES string of the molecule is CC(c1ccc(NC(=O)CCc2ccccc2N)cc1)N1CCOCC1.Cl.Cl. The number of hydrogen-bond acceptors (Lipinski definition) is 4. The van der Waals surface area contributed by atoms with Crippen LogP contribution in [0.15, 0.2) is 48.5 Å². The Bertz CT molecular complexity index is 735. The van der Waals surface area contributed by atoms with Gasteiger partial charge in [0.2, 0.25) is 5.91 Å². The van der Waals surface area contributed by atoms with Crippen molar-refractivity contribution in [3.05, 3.63) is 59.7 Å². The van der Waals surface area contributed by atoms with Gasteiger partial charge in [0.15, 0.2) is 0 Å². The zero-order valence-electron chi connectivity index (χ0n) is 16.1. The summed E-state index contributed by atoms with van der Waals surface area (Å²) in [5.41, 5.74) is 9.75. The van der Waals surface area contributed by atoms with Crippen LogP contribution in [-0.4, -0.2) is 37.1 Å². The summed E-state index contributed by atoms with van der Waals surface area (Å²) in [7, 11) is 0. The van der Waals surface area contributed by atoms with Crippen molar-refractivity contribution in [1.29, 1.82) is 0 Å². The highest BCUT2D eigenvalue weighted by Crippen LogP contribution is 2.23. The number of nitrogens with one attached hydrogen (secondary N) is 1. The predicted molar refractivity (Wildman–Crippen MR) is 120 cm³/mol. The minimum absolute atomic E-state index is 0. The second kappa shape index (κ2) is 11.9. The van der Waals surface area contributed by atoms with Gasteiger partial charge in [0.25, 0.3) is 0 Å². The topological polar surface area (TPSA) is 67.6 Å². The number of rotatable bonds is 6. The summed E-state index contributed by atoms with van der Waals surface area (Å²) in [4.78, 5) is 14.6. The smallest absolute Gasteiger partial charge is 0.224 e. The molecule has 2 aromatic carbocycles. The van der Waals surface area contributed by atoms with Crippen LogP contribution in [0.4, 0.5) is 11.4 Å². The number of nitrogens with zero attached hydrogens (tertiary/aromatic N) is 1. The molecule has 0 aromatic heterocycles. The van der Waals surface area contributed by atoms with Crippen molar-refractivity contribution in [3.8, 4) is 0 Å². The van der Waals surface area contributed by atoms with E-state index in [1.54, 1.807) is 0 Å². The molecule has 1 unspecified atom stereocenters. The Hall–Kier alpha value is -1.79. The number of aryl methyl sites for hydroxylation is 1. The van der Waals surface area contributed by atoms with Crippen molar-refractivity contribution in [2.45, 2.75) is 25.8 Å². The Labute approximate surface area is 179 Å². The summed E-state index contributed by atoms with van der Waals surface area (Å²) in [6.45, 7) is 5.72. The van der Waals surface area contributed by atoms with Gasteiger partial charge in [0.05, 0.1) is 13.2 Å². The molecule has 154 valence electrons. The average Bonchev–Trinajstić information content (AvgIpc) is 2.68. The molecule has 0 bridgehead atoms. The lowest BCUT2D eigenvalue weighted by Gasteiger charge is -2.32. The zero-order valence-corrected chi connectivity index (χ0v) is 17.7. The first-order valence-corrected chi connectivity index (χ1v) is 9.18. The maximum Gasteiger partial charge on any atom is 0.224 e. The van der Waals surface area contributed by atoms with Crippen molar-refractivity contribution >= 4 is 42.1 Å². The molecule has 2 aromatic rings. The van der Waals surface area contributed by atoms with Crippen molar-refractivity contribution in [2.24, 2.45) is 0 Å². The molecule has 1 heterocycles. The van der Waals surface area contributed by atoms with Crippen LogP contribution >= 0.6 is 24.8 Å². The molecule has 3 N–H and O–H groups in total. The number of carbonyl (C=O) groups is 1. The van der Waals surface area contributed by atoms with E-state index in [1.165, 1.54) is 5.56 Å². The van der Waals surface area contributed by atoms with E-state index in [-0.39, 0.29) is 30.7 Å². The van der Waals surface area contributed by atoms with E-state index in [9.17, 15) is 4.79 Å². The van der Waals surface area contributed by atoms with Crippen LogP contribution in [0.5, 0.6) is 0 Å². The van der Waals surface area contributed by atoms with Gasteiger partial charge in [0, 0.05) is 36.9 Å². The minimum Gasteiger partial charge on any atom is -0.399 e. The van der Waals surface area contributed by atoms with E-state index in [1.807, 2.05) is 36.4 Å². The molecular weight excluding hydrogens is 397 g/mol. The lowest BCUT2D eigenvalue weighted by Crippen LogP contribution is -2.37. The fourth-order valence-electron chi connectivity index (χ4n) is 3.25. The number of morpholine rings is 1. The fraction of sp³-hybridized carbons (Fsp3) is 0.381. The van der Waals surface area contributed by atoms with Crippen molar-refractivity contribution in [2.75, 3.05) is 37.4 Å². The molecular formula is C21H29Cl2N3O2. The Kier molecular flexibility index (Phi) is 10.3. The first-order chi connectivity index (χ1) is 12.6. The highest BCUT2D eigenvalue weighted by Gasteiger charge is 2.18. The fourth-order valence-corrected chi connectivity index (χ4v) is 3.25. The summed E-state index contributed by atoms with van der Waals surface area (Å²) in [6, 6.07) is 16.1. The predicted octanol–water partition coefficient (Wildman–Crippen LogP) is 4.08. The molecule has 28 heavy (non-hydrogen) atoms. The molecule has 1 aliphatic rings. The van der Waals surface area contributed by atoms with E-state index >= 15 is 0 Å². The van der Waals surface area contributed by atoms with Gasteiger partial charge in [0.1, 0.15) is 0 Å². The van der Waals surface area contributed by atoms with Crippen LogP contribution in [0.25, 0.3) is 0 Å².